The number of rotatable bonds is 6. The summed E-state index contributed by atoms with van der Waals surface area (Å²) in [7, 11) is 0. The van der Waals surface area contributed by atoms with Crippen molar-refractivity contribution in [1.29, 1.82) is 0 Å². The summed E-state index contributed by atoms with van der Waals surface area (Å²) in [6.45, 7) is 9.52. The van der Waals surface area contributed by atoms with Gasteiger partial charge in [-0.1, -0.05) is 0 Å². The summed E-state index contributed by atoms with van der Waals surface area (Å²) in [5, 5.41) is 3.47. The van der Waals surface area contributed by atoms with Crippen molar-refractivity contribution in [2.45, 2.75) is 33.3 Å². The maximum atomic E-state index is 5.98. The normalized spacial score (nSPS) is 22.0. The van der Waals surface area contributed by atoms with E-state index >= 15 is 0 Å². The van der Waals surface area contributed by atoms with Gasteiger partial charge in [-0.3, -0.25) is 0 Å². The molecule has 1 saturated heterocycles. The lowest BCUT2D eigenvalue weighted by Gasteiger charge is -2.19. The third-order valence-corrected chi connectivity index (χ3v) is 3.87. The lowest BCUT2D eigenvalue weighted by atomic mass is 10.0. The summed E-state index contributed by atoms with van der Waals surface area (Å²) in [6.07, 6.45) is 1.35. The monoisotopic (exact) mass is 299 g/mol. The minimum Gasteiger partial charge on any atom is -0.378 e. The Bertz CT molecular complexity index is 441. The third kappa shape index (κ3) is 3.70. The topological polar surface area (TPSA) is 63.2 Å². The van der Waals surface area contributed by atoms with Gasteiger partial charge in [0.1, 0.15) is 0 Å². The summed E-state index contributed by atoms with van der Waals surface area (Å²) >= 11 is 5.98. The summed E-state index contributed by atoms with van der Waals surface area (Å²) in [4.78, 5) is 14.8. The molecule has 1 aromatic rings. The largest absolute Gasteiger partial charge is 0.378 e. The molecule has 7 heteroatoms. The number of halogens is 1. The van der Waals surface area contributed by atoms with Crippen molar-refractivity contribution in [3.05, 3.63) is 5.28 Å². The second kappa shape index (κ2) is 7.04. The van der Waals surface area contributed by atoms with Gasteiger partial charge in [0.05, 0.1) is 6.10 Å². The highest BCUT2D eigenvalue weighted by molar-refractivity contribution is 6.28. The maximum Gasteiger partial charge on any atom is 0.231 e. The van der Waals surface area contributed by atoms with E-state index in [1.165, 1.54) is 0 Å². The van der Waals surface area contributed by atoms with Gasteiger partial charge in [0.2, 0.25) is 17.2 Å². The van der Waals surface area contributed by atoms with Crippen LogP contribution in [0.15, 0.2) is 0 Å². The molecule has 2 rings (SSSR count). The fraction of sp³-hybridized carbons (Fsp3) is 0.769. The van der Waals surface area contributed by atoms with Gasteiger partial charge in [-0.25, -0.2) is 0 Å². The predicted octanol–water partition coefficient (Wildman–Crippen LogP) is 2.21. The minimum atomic E-state index is 0.222. The first-order valence-corrected chi connectivity index (χ1v) is 7.53. The Labute approximate surface area is 124 Å². The molecule has 0 radical (unpaired) electrons. The van der Waals surface area contributed by atoms with E-state index in [0.29, 0.717) is 17.8 Å². The van der Waals surface area contributed by atoms with E-state index in [1.54, 1.807) is 0 Å². The molecule has 0 aromatic carbocycles. The van der Waals surface area contributed by atoms with E-state index in [-0.39, 0.29) is 11.4 Å². The van der Waals surface area contributed by atoms with E-state index in [0.717, 1.165) is 32.7 Å². The van der Waals surface area contributed by atoms with Crippen LogP contribution in [-0.2, 0) is 4.74 Å². The Morgan fingerprint density at radius 2 is 2.05 bits per heavy atom. The standard InChI is InChI=1S/C13H22ClN5O/c1-4-19(5-2)13-17-11(14)16-12(18-13)15-8-10-6-7-20-9(10)3/h9-10H,4-8H2,1-3H3,(H,15,16,17,18). The van der Waals surface area contributed by atoms with E-state index in [2.05, 4.69) is 41.0 Å². The Morgan fingerprint density at radius 1 is 1.30 bits per heavy atom. The molecule has 1 N–H and O–H groups in total. The molecule has 0 amide bonds. The molecule has 1 aliphatic heterocycles. The fourth-order valence-corrected chi connectivity index (χ4v) is 2.49. The van der Waals surface area contributed by atoms with Crippen LogP contribution in [0.2, 0.25) is 5.28 Å². The van der Waals surface area contributed by atoms with Crippen LogP contribution in [0.4, 0.5) is 11.9 Å². The van der Waals surface area contributed by atoms with Crippen molar-refractivity contribution in [2.75, 3.05) is 36.5 Å². The number of nitrogens with one attached hydrogen (secondary N) is 1. The molecule has 0 aliphatic carbocycles. The number of ether oxygens (including phenoxy) is 1. The predicted molar refractivity (Wildman–Crippen MR) is 80.4 cm³/mol. The van der Waals surface area contributed by atoms with Crippen LogP contribution >= 0.6 is 11.6 Å². The first-order valence-electron chi connectivity index (χ1n) is 7.16. The highest BCUT2D eigenvalue weighted by Gasteiger charge is 2.24. The van der Waals surface area contributed by atoms with E-state index in [1.807, 2.05) is 4.90 Å². The molecular formula is C13H22ClN5O. The lowest BCUT2D eigenvalue weighted by molar-refractivity contribution is 0.108. The molecular weight excluding hydrogens is 278 g/mol. The molecule has 20 heavy (non-hydrogen) atoms. The average Bonchev–Trinajstić information content (AvgIpc) is 2.83. The zero-order valence-corrected chi connectivity index (χ0v) is 13.0. The van der Waals surface area contributed by atoms with Crippen molar-refractivity contribution in [2.24, 2.45) is 5.92 Å². The molecule has 1 aliphatic rings. The first-order chi connectivity index (χ1) is 9.63. The van der Waals surface area contributed by atoms with E-state index in [9.17, 15) is 0 Å². The quantitative estimate of drug-likeness (QED) is 0.869. The molecule has 0 saturated carbocycles. The van der Waals surface area contributed by atoms with Crippen molar-refractivity contribution in [3.8, 4) is 0 Å². The van der Waals surface area contributed by atoms with Crippen molar-refractivity contribution >= 4 is 23.5 Å². The first kappa shape index (κ1) is 15.3. The molecule has 2 heterocycles. The zero-order valence-electron chi connectivity index (χ0n) is 12.3. The van der Waals surface area contributed by atoms with Gasteiger partial charge in [-0.15, -0.1) is 0 Å². The smallest absolute Gasteiger partial charge is 0.231 e. The molecule has 112 valence electrons. The van der Waals surface area contributed by atoms with Crippen LogP contribution in [0.5, 0.6) is 0 Å². The van der Waals surface area contributed by atoms with Crippen molar-refractivity contribution in [3.63, 3.8) is 0 Å². The second-order valence-corrected chi connectivity index (χ2v) is 5.24. The zero-order chi connectivity index (χ0) is 14.5. The summed E-state index contributed by atoms with van der Waals surface area (Å²) in [5.41, 5.74) is 0. The number of aromatic nitrogens is 3. The average molecular weight is 300 g/mol. The van der Waals surface area contributed by atoms with E-state index in [4.69, 9.17) is 16.3 Å². The lowest BCUT2D eigenvalue weighted by Crippen LogP contribution is -2.26. The van der Waals surface area contributed by atoms with Gasteiger partial charge in [-0.2, -0.15) is 15.0 Å². The molecule has 1 aromatic heterocycles. The van der Waals surface area contributed by atoms with Crippen LogP contribution < -0.4 is 10.2 Å². The van der Waals surface area contributed by atoms with Crippen LogP contribution in [-0.4, -0.2) is 47.3 Å². The molecule has 1 fully saturated rings. The third-order valence-electron chi connectivity index (χ3n) is 3.70. The van der Waals surface area contributed by atoms with Gasteiger partial charge >= 0.3 is 0 Å². The summed E-state index contributed by atoms with van der Waals surface area (Å²) in [6, 6.07) is 0. The van der Waals surface area contributed by atoms with E-state index < -0.39 is 0 Å². The fourth-order valence-electron chi connectivity index (χ4n) is 2.33. The van der Waals surface area contributed by atoms with Gasteiger partial charge in [0, 0.05) is 32.2 Å². The van der Waals surface area contributed by atoms with Gasteiger partial charge in [-0.05, 0) is 38.8 Å². The summed E-state index contributed by atoms with van der Waals surface area (Å²) < 4.78 is 5.55. The Hall–Kier alpha value is -1.14. The van der Waals surface area contributed by atoms with Crippen LogP contribution in [0.3, 0.4) is 0 Å². The maximum absolute atomic E-state index is 5.98. The summed E-state index contributed by atoms with van der Waals surface area (Å²) in [5.74, 6) is 1.64. The highest BCUT2D eigenvalue weighted by atomic mass is 35.5. The van der Waals surface area contributed by atoms with Crippen LogP contribution in [0, 0.1) is 5.92 Å². The molecule has 0 bridgehead atoms. The van der Waals surface area contributed by atoms with Crippen LogP contribution in [0.25, 0.3) is 0 Å². The van der Waals surface area contributed by atoms with Crippen LogP contribution in [0.1, 0.15) is 27.2 Å². The molecule has 2 atom stereocenters. The van der Waals surface area contributed by atoms with Crippen molar-refractivity contribution < 1.29 is 4.74 Å². The highest BCUT2D eigenvalue weighted by Crippen LogP contribution is 2.21. The number of hydrogen-bond donors (Lipinski definition) is 1. The Balaban J connectivity index is 2.03. The van der Waals surface area contributed by atoms with Crippen molar-refractivity contribution in [1.82, 2.24) is 15.0 Å². The molecule has 0 spiro atoms. The second-order valence-electron chi connectivity index (χ2n) is 4.91. The Kier molecular flexibility index (Phi) is 5.37. The number of nitrogens with zero attached hydrogens (tertiary/aromatic N) is 4. The van der Waals surface area contributed by atoms with Gasteiger partial charge in [0.25, 0.3) is 0 Å². The number of anilines is 2. The Morgan fingerprint density at radius 3 is 2.65 bits per heavy atom. The number of hydrogen-bond acceptors (Lipinski definition) is 6. The molecule has 6 nitrogen and oxygen atoms in total. The minimum absolute atomic E-state index is 0.222. The van der Waals surface area contributed by atoms with Gasteiger partial charge in [0.15, 0.2) is 0 Å². The van der Waals surface area contributed by atoms with Gasteiger partial charge < -0.3 is 15.0 Å². The molecule has 2 unspecified atom stereocenters. The SMILES string of the molecule is CCN(CC)c1nc(Cl)nc(NCC2CCOC2C)n1.